The molecule has 0 bridgehead atoms. The second-order valence-electron chi connectivity index (χ2n) is 9.84. The van der Waals surface area contributed by atoms with Crippen LogP contribution in [-0.4, -0.2) is 39.2 Å². The quantitative estimate of drug-likeness (QED) is 0.0680. The first-order valence-electron chi connectivity index (χ1n) is 13.1. The van der Waals surface area contributed by atoms with Crippen molar-refractivity contribution in [1.29, 1.82) is 0 Å². The van der Waals surface area contributed by atoms with Gasteiger partial charge in [-0.3, -0.25) is 14.5 Å². The molecule has 8 nitrogen and oxygen atoms in total. The molecule has 1 atom stereocenters. The van der Waals surface area contributed by atoms with Crippen LogP contribution in [0, 0.1) is 12.7 Å². The van der Waals surface area contributed by atoms with Crippen molar-refractivity contribution < 1.29 is 28.9 Å². The fourth-order valence-corrected chi connectivity index (χ4v) is 6.89. The van der Waals surface area contributed by atoms with Crippen LogP contribution in [0.3, 0.4) is 0 Å². The second-order valence-corrected chi connectivity index (χ2v) is 12.0. The fourth-order valence-electron chi connectivity index (χ4n) is 5.02. The van der Waals surface area contributed by atoms with Crippen LogP contribution in [0.5, 0.6) is 11.5 Å². The zero-order chi connectivity index (χ0) is 30.2. The van der Waals surface area contributed by atoms with Gasteiger partial charge in [0.15, 0.2) is 15.8 Å². The Morgan fingerprint density at radius 3 is 2.63 bits per heavy atom. The number of Topliss-reactive ketones (excluding diaryl/α,β-unsaturated/α-hetero) is 1. The molecule has 11 heteroatoms. The lowest BCUT2D eigenvalue weighted by atomic mass is 9.95. The van der Waals surface area contributed by atoms with Gasteiger partial charge in [-0.2, -0.15) is 0 Å². The van der Waals surface area contributed by atoms with Crippen LogP contribution in [0.15, 0.2) is 88.8 Å². The van der Waals surface area contributed by atoms with Crippen molar-refractivity contribution in [2.45, 2.75) is 23.1 Å². The van der Waals surface area contributed by atoms with Crippen LogP contribution in [0.4, 0.5) is 9.52 Å². The Bertz CT molecular complexity index is 1930. The second kappa shape index (κ2) is 11.5. The molecule has 0 radical (unpaired) electrons. The number of phenols is 1. The number of anilines is 1. The number of ether oxygens (including phenoxy) is 1. The molecule has 0 aliphatic carbocycles. The number of fused-ring (bicyclic) bond motifs is 1. The Balaban J connectivity index is 1.40. The molecule has 0 spiro atoms. The summed E-state index contributed by atoms with van der Waals surface area (Å²) in [5.74, 6) is -2.43. The maximum absolute atomic E-state index is 14.4. The van der Waals surface area contributed by atoms with Gasteiger partial charge >= 0.3 is 5.91 Å². The van der Waals surface area contributed by atoms with E-state index in [0.29, 0.717) is 21.2 Å². The van der Waals surface area contributed by atoms with Gasteiger partial charge in [0.05, 0.1) is 18.7 Å². The number of phenolic OH excluding ortho intramolecular Hbond substituents is 1. The normalized spacial score (nSPS) is 16.3. The van der Waals surface area contributed by atoms with Gasteiger partial charge in [0, 0.05) is 11.3 Å². The first-order chi connectivity index (χ1) is 20.8. The van der Waals surface area contributed by atoms with E-state index in [-0.39, 0.29) is 27.8 Å². The number of rotatable bonds is 7. The number of methoxy groups -OCH3 is 1. The summed E-state index contributed by atoms with van der Waals surface area (Å²) < 4.78 is 20.3. The van der Waals surface area contributed by atoms with E-state index in [0.717, 1.165) is 33.7 Å². The van der Waals surface area contributed by atoms with Crippen molar-refractivity contribution in [2.24, 2.45) is 0 Å². The third-order valence-corrected chi connectivity index (χ3v) is 9.35. The fraction of sp³-hybridized carbons (Fsp3) is 0.125. The number of benzene rings is 4. The van der Waals surface area contributed by atoms with Gasteiger partial charge < -0.3 is 14.9 Å². The molecule has 2 N–H and O–H groups in total. The lowest BCUT2D eigenvalue weighted by Crippen LogP contribution is -2.29. The van der Waals surface area contributed by atoms with Crippen molar-refractivity contribution in [3.05, 3.63) is 113 Å². The average molecular weight is 614 g/mol. The number of aliphatic hydroxyl groups excluding tert-OH is 1. The molecule has 2 heterocycles. The molecular weight excluding hydrogens is 590 g/mol. The van der Waals surface area contributed by atoms with Gasteiger partial charge in [-0.25, -0.2) is 4.39 Å². The van der Waals surface area contributed by atoms with E-state index >= 15 is 0 Å². The number of hydrogen-bond donors (Lipinski definition) is 2. The van der Waals surface area contributed by atoms with Gasteiger partial charge in [-0.05, 0) is 52.6 Å². The van der Waals surface area contributed by atoms with Crippen molar-refractivity contribution >= 4 is 56.5 Å². The minimum absolute atomic E-state index is 0.0421. The van der Waals surface area contributed by atoms with E-state index in [1.54, 1.807) is 6.92 Å². The number of amides is 1. The Morgan fingerprint density at radius 2 is 1.84 bits per heavy atom. The first kappa shape index (κ1) is 28.4. The van der Waals surface area contributed by atoms with Crippen LogP contribution < -0.4 is 9.64 Å². The molecule has 0 saturated carbocycles. The van der Waals surface area contributed by atoms with Gasteiger partial charge in [-0.15, -0.1) is 10.2 Å². The molecule has 1 aliphatic heterocycles. The number of hydrogen-bond acceptors (Lipinski definition) is 9. The van der Waals surface area contributed by atoms with E-state index in [1.165, 1.54) is 54.1 Å². The number of carbonyl (C=O) groups is 2. The zero-order valence-corrected chi connectivity index (χ0v) is 24.6. The van der Waals surface area contributed by atoms with E-state index in [1.807, 2.05) is 36.4 Å². The molecule has 43 heavy (non-hydrogen) atoms. The third kappa shape index (κ3) is 5.21. The van der Waals surface area contributed by atoms with Gasteiger partial charge in [0.2, 0.25) is 5.13 Å². The molecule has 216 valence electrons. The van der Waals surface area contributed by atoms with E-state index < -0.39 is 29.3 Å². The van der Waals surface area contributed by atoms with Crippen LogP contribution in [0.2, 0.25) is 0 Å². The maximum Gasteiger partial charge on any atom is 0.301 e. The van der Waals surface area contributed by atoms with Crippen molar-refractivity contribution in [3.63, 3.8) is 0 Å². The number of halogens is 1. The van der Waals surface area contributed by atoms with Crippen molar-refractivity contribution in [3.8, 4) is 11.5 Å². The number of nitrogens with zero attached hydrogens (tertiary/aromatic N) is 3. The first-order valence-corrected chi connectivity index (χ1v) is 14.9. The molecular formula is C32H24FN3O5S2. The Kier molecular flexibility index (Phi) is 7.59. The van der Waals surface area contributed by atoms with Crippen molar-refractivity contribution in [2.75, 3.05) is 12.0 Å². The molecule has 1 amide bonds. The summed E-state index contributed by atoms with van der Waals surface area (Å²) in [6, 6.07) is 21.4. The Morgan fingerprint density at radius 1 is 1.05 bits per heavy atom. The van der Waals surface area contributed by atoms with E-state index in [2.05, 4.69) is 16.3 Å². The maximum atomic E-state index is 14.4. The van der Waals surface area contributed by atoms with Crippen molar-refractivity contribution in [1.82, 2.24) is 10.2 Å². The van der Waals surface area contributed by atoms with E-state index in [9.17, 15) is 24.2 Å². The van der Waals surface area contributed by atoms with Gasteiger partial charge in [0.1, 0.15) is 11.6 Å². The average Bonchev–Trinajstić information content (AvgIpc) is 3.59. The summed E-state index contributed by atoms with van der Waals surface area (Å²) in [6.07, 6.45) is 0. The summed E-state index contributed by atoms with van der Waals surface area (Å²) in [4.78, 5) is 28.2. The predicted molar refractivity (Wildman–Crippen MR) is 164 cm³/mol. The molecule has 6 rings (SSSR count). The summed E-state index contributed by atoms with van der Waals surface area (Å²) >= 11 is 2.58. The highest BCUT2D eigenvalue weighted by Crippen LogP contribution is 2.45. The van der Waals surface area contributed by atoms with Gasteiger partial charge in [-0.1, -0.05) is 83.8 Å². The lowest BCUT2D eigenvalue weighted by Gasteiger charge is -2.23. The van der Waals surface area contributed by atoms with Gasteiger partial charge in [0.25, 0.3) is 5.78 Å². The monoisotopic (exact) mass is 613 g/mol. The predicted octanol–water partition coefficient (Wildman–Crippen LogP) is 6.77. The molecule has 4 aromatic carbocycles. The highest BCUT2D eigenvalue weighted by atomic mass is 32.2. The number of aliphatic hydroxyl groups is 1. The van der Waals surface area contributed by atoms with Crippen LogP contribution in [0.1, 0.15) is 28.3 Å². The number of ketones is 1. The lowest BCUT2D eigenvalue weighted by molar-refractivity contribution is -0.132. The number of aromatic nitrogens is 2. The summed E-state index contributed by atoms with van der Waals surface area (Å²) in [7, 11) is 1.37. The molecule has 1 fully saturated rings. The minimum Gasteiger partial charge on any atom is -0.507 e. The largest absolute Gasteiger partial charge is 0.507 e. The molecule has 1 saturated heterocycles. The topological polar surface area (TPSA) is 113 Å². The summed E-state index contributed by atoms with van der Waals surface area (Å²) in [5.41, 5.74) is 1.63. The Hall–Kier alpha value is -4.74. The van der Waals surface area contributed by atoms with Crippen LogP contribution in [0.25, 0.3) is 16.5 Å². The highest BCUT2D eigenvalue weighted by Gasteiger charge is 2.48. The minimum atomic E-state index is -1.15. The third-order valence-electron chi connectivity index (χ3n) is 7.24. The summed E-state index contributed by atoms with van der Waals surface area (Å²) in [6.45, 7) is 1.58. The number of thioether (sulfide) groups is 1. The molecule has 1 aliphatic rings. The number of aromatic hydroxyl groups is 1. The highest BCUT2D eigenvalue weighted by molar-refractivity contribution is 8.00. The number of aryl methyl sites for hydroxylation is 1. The molecule has 5 aromatic rings. The zero-order valence-electron chi connectivity index (χ0n) is 22.9. The summed E-state index contributed by atoms with van der Waals surface area (Å²) in [5, 5.41) is 32.4. The smallest absolute Gasteiger partial charge is 0.301 e. The van der Waals surface area contributed by atoms with Crippen LogP contribution >= 0.6 is 23.1 Å². The number of carbonyl (C=O) groups excluding carboxylic acids is 2. The molecule has 1 aromatic heterocycles. The van der Waals surface area contributed by atoms with Crippen LogP contribution in [-0.2, 0) is 15.3 Å². The standard InChI is InChI=1S/C32H24FN3O5S2/c1-17-10-11-20(14-23(17)33)28(38)26-27(19-12-13-24(37)25(15-19)41-2)36(30(40)29(26)39)31-34-35-32(43-31)42-16-21-8-5-7-18-6-3-4-9-22(18)21/h3-15,27,37-38H,16H2,1-2H3/b28-26+. The molecule has 1 unspecified atom stereocenters. The Labute approximate surface area is 254 Å². The van der Waals surface area contributed by atoms with E-state index in [4.69, 9.17) is 4.74 Å². The SMILES string of the molecule is COc1cc(C2/C(=C(\O)c3ccc(C)c(F)c3)C(=O)C(=O)N2c2nnc(SCc3cccc4ccccc34)s2)ccc1O.